The van der Waals surface area contributed by atoms with E-state index in [4.69, 9.17) is 5.41 Å². The first-order valence-corrected chi connectivity index (χ1v) is 3.02. The lowest BCUT2D eigenvalue weighted by Gasteiger charge is -2.01. The highest BCUT2D eigenvalue weighted by atomic mass is 19.4. The average Bonchev–Trinajstić information content (AvgIpc) is 2.49. The van der Waals surface area contributed by atoms with Gasteiger partial charge >= 0.3 is 6.18 Å². The molecule has 0 aliphatic rings. The van der Waals surface area contributed by atoms with Crippen LogP contribution in [0.3, 0.4) is 0 Å². The van der Waals surface area contributed by atoms with Crippen LogP contribution in [0.25, 0.3) is 0 Å². The normalized spacial score (nSPS) is 11.3. The molecule has 13 heavy (non-hydrogen) atoms. The Kier molecular flexibility index (Phi) is 2.18. The molecule has 0 saturated carbocycles. The molecule has 7 heteroatoms. The predicted molar refractivity (Wildman–Crippen MR) is 34.6 cm³/mol. The third-order valence-corrected chi connectivity index (χ3v) is 1.19. The highest BCUT2D eigenvalue weighted by molar-refractivity contribution is 6.33. The molecule has 0 fully saturated rings. The zero-order chi connectivity index (χ0) is 10.1. The summed E-state index contributed by atoms with van der Waals surface area (Å²) in [6.45, 7) is 0. The quantitative estimate of drug-likeness (QED) is 0.570. The molecule has 1 aromatic rings. The van der Waals surface area contributed by atoms with Gasteiger partial charge in [0.15, 0.2) is 12.1 Å². The molecule has 0 unspecified atom stereocenters. The molecule has 0 saturated heterocycles. The summed E-state index contributed by atoms with van der Waals surface area (Å²) in [6.07, 6.45) is -4.00. The van der Waals surface area contributed by atoms with Gasteiger partial charge in [0, 0.05) is 0 Å². The zero-order valence-electron chi connectivity index (χ0n) is 6.05. The van der Waals surface area contributed by atoms with Crippen molar-refractivity contribution in [3.63, 3.8) is 0 Å². The second-order valence-corrected chi connectivity index (χ2v) is 2.04. The maximum atomic E-state index is 12.0. The van der Waals surface area contributed by atoms with Crippen molar-refractivity contribution in [1.82, 2.24) is 4.98 Å². The van der Waals surface area contributed by atoms with E-state index < -0.39 is 23.4 Å². The van der Waals surface area contributed by atoms with Gasteiger partial charge in [-0.1, -0.05) is 0 Å². The van der Waals surface area contributed by atoms with Crippen LogP contribution in [0.15, 0.2) is 10.8 Å². The smallest absolute Gasteiger partial charge is 0.438 e. The van der Waals surface area contributed by atoms with Gasteiger partial charge in [-0.15, -0.1) is 0 Å². The molecule has 70 valence electrons. The summed E-state index contributed by atoms with van der Waals surface area (Å²) in [4.78, 5) is 13.7. The summed E-state index contributed by atoms with van der Waals surface area (Å²) >= 11 is 0. The molecular weight excluding hydrogens is 189 g/mol. The summed E-state index contributed by atoms with van der Waals surface area (Å²) in [5.41, 5.74) is -0.887. The third kappa shape index (κ3) is 1.74. The van der Waals surface area contributed by atoms with Gasteiger partial charge < -0.3 is 9.83 Å². The molecule has 1 N–H and O–H groups in total. The standard InChI is InChI=1S/C6H3F3N2O2/c7-6(8,9)5-4(3(12)1-10)11-2-13-5/h1-2,10H. The Bertz CT molecular complexity index is 342. The first-order chi connectivity index (χ1) is 5.96. The molecule has 0 atom stereocenters. The largest absolute Gasteiger partial charge is 0.452 e. The Morgan fingerprint density at radius 2 is 2.23 bits per heavy atom. The molecule has 0 radical (unpaired) electrons. The number of carbonyl (C=O) groups excluding carboxylic acids is 1. The van der Waals surface area contributed by atoms with Crippen LogP contribution >= 0.6 is 0 Å². The van der Waals surface area contributed by atoms with Crippen molar-refractivity contribution >= 4 is 12.0 Å². The van der Waals surface area contributed by atoms with Crippen LogP contribution in [0.2, 0.25) is 0 Å². The number of Topliss-reactive ketones (excluding diaryl/α,β-unsaturated/α-hetero) is 1. The minimum atomic E-state index is -4.76. The van der Waals surface area contributed by atoms with E-state index >= 15 is 0 Å². The van der Waals surface area contributed by atoms with Crippen molar-refractivity contribution in [2.45, 2.75) is 6.18 Å². The second kappa shape index (κ2) is 3.00. The molecule has 0 spiro atoms. The van der Waals surface area contributed by atoms with Crippen molar-refractivity contribution in [3.05, 3.63) is 17.8 Å². The topological polar surface area (TPSA) is 67.0 Å². The molecule has 0 aliphatic carbocycles. The van der Waals surface area contributed by atoms with Crippen LogP contribution in [-0.2, 0) is 6.18 Å². The van der Waals surface area contributed by atoms with Crippen molar-refractivity contribution in [1.29, 1.82) is 5.41 Å². The molecule has 1 rings (SSSR count). The number of nitrogens with one attached hydrogen (secondary N) is 1. The van der Waals surface area contributed by atoms with E-state index in [2.05, 4.69) is 9.40 Å². The number of carbonyl (C=O) groups is 1. The first kappa shape index (κ1) is 9.43. The fourth-order valence-corrected chi connectivity index (χ4v) is 0.691. The molecule has 0 aliphatic heterocycles. The Morgan fingerprint density at radius 1 is 1.62 bits per heavy atom. The lowest BCUT2D eigenvalue weighted by molar-refractivity contribution is -0.153. The monoisotopic (exact) mass is 192 g/mol. The van der Waals surface area contributed by atoms with Crippen molar-refractivity contribution in [3.8, 4) is 0 Å². The SMILES string of the molecule is N=CC(=O)c1ncoc1C(F)(F)F. The number of hydrogen-bond donors (Lipinski definition) is 1. The van der Waals surface area contributed by atoms with Crippen LogP contribution < -0.4 is 0 Å². The van der Waals surface area contributed by atoms with E-state index in [1.165, 1.54) is 0 Å². The summed E-state index contributed by atoms with van der Waals surface area (Å²) in [5, 5.41) is 6.46. The molecule has 0 amide bonds. The van der Waals surface area contributed by atoms with Gasteiger partial charge in [0.05, 0.1) is 6.21 Å². The highest BCUT2D eigenvalue weighted by Gasteiger charge is 2.39. The van der Waals surface area contributed by atoms with E-state index in [0.29, 0.717) is 6.39 Å². The van der Waals surface area contributed by atoms with Crippen molar-refractivity contribution in [2.75, 3.05) is 0 Å². The number of alkyl halides is 3. The molecule has 1 aromatic heterocycles. The molecule has 0 aromatic carbocycles. The number of hydrogen-bond acceptors (Lipinski definition) is 4. The van der Waals surface area contributed by atoms with E-state index in [9.17, 15) is 18.0 Å². The minimum Gasteiger partial charge on any atom is -0.438 e. The number of halogens is 3. The van der Waals surface area contributed by atoms with Crippen LogP contribution in [0.1, 0.15) is 16.2 Å². The minimum absolute atomic E-state index is 0.243. The van der Waals surface area contributed by atoms with Crippen LogP contribution in [0, 0.1) is 5.41 Å². The van der Waals surface area contributed by atoms with Crippen LogP contribution in [-0.4, -0.2) is 17.0 Å². The average molecular weight is 192 g/mol. The van der Waals surface area contributed by atoms with Gasteiger partial charge in [0.25, 0.3) is 0 Å². The summed E-state index contributed by atoms with van der Waals surface area (Å²) in [6, 6.07) is 0. The fourth-order valence-electron chi connectivity index (χ4n) is 0.691. The van der Waals surface area contributed by atoms with Gasteiger partial charge in [-0.05, 0) is 0 Å². The summed E-state index contributed by atoms with van der Waals surface area (Å²) in [7, 11) is 0. The predicted octanol–water partition coefficient (Wildman–Crippen LogP) is 1.53. The van der Waals surface area contributed by atoms with E-state index in [1.54, 1.807) is 0 Å². The summed E-state index contributed by atoms with van der Waals surface area (Å²) < 4.78 is 40.0. The van der Waals surface area contributed by atoms with Gasteiger partial charge in [0.2, 0.25) is 11.5 Å². The Balaban J connectivity index is 3.17. The van der Waals surface area contributed by atoms with Crippen molar-refractivity contribution < 1.29 is 22.4 Å². The van der Waals surface area contributed by atoms with Gasteiger partial charge in [0.1, 0.15) is 0 Å². The Morgan fingerprint density at radius 3 is 2.69 bits per heavy atom. The zero-order valence-corrected chi connectivity index (χ0v) is 6.05. The van der Waals surface area contributed by atoms with Gasteiger partial charge in [-0.25, -0.2) is 4.98 Å². The molecule has 4 nitrogen and oxygen atoms in total. The van der Waals surface area contributed by atoms with Crippen LogP contribution in [0.4, 0.5) is 13.2 Å². The number of nitrogens with zero attached hydrogens (tertiary/aromatic N) is 1. The first-order valence-electron chi connectivity index (χ1n) is 3.02. The van der Waals surface area contributed by atoms with E-state index in [1.807, 2.05) is 0 Å². The Hall–Kier alpha value is -1.66. The number of rotatable bonds is 2. The van der Waals surface area contributed by atoms with Gasteiger partial charge in [-0.3, -0.25) is 4.79 Å². The molecular formula is C6H3F3N2O2. The highest BCUT2D eigenvalue weighted by Crippen LogP contribution is 2.31. The Labute approximate surface area is 69.9 Å². The fraction of sp³-hybridized carbons (Fsp3) is 0.167. The second-order valence-electron chi connectivity index (χ2n) is 2.04. The maximum Gasteiger partial charge on any atom is 0.452 e. The van der Waals surface area contributed by atoms with Gasteiger partial charge in [-0.2, -0.15) is 13.2 Å². The molecule has 1 heterocycles. The lowest BCUT2D eigenvalue weighted by Crippen LogP contribution is -2.12. The van der Waals surface area contributed by atoms with Crippen molar-refractivity contribution in [2.24, 2.45) is 0 Å². The number of oxazole rings is 1. The lowest BCUT2D eigenvalue weighted by atomic mass is 10.2. The maximum absolute atomic E-state index is 12.0. The van der Waals surface area contributed by atoms with E-state index in [0.717, 1.165) is 0 Å². The van der Waals surface area contributed by atoms with Crippen LogP contribution in [0.5, 0.6) is 0 Å². The number of ketones is 1. The van der Waals surface area contributed by atoms with E-state index in [-0.39, 0.29) is 6.21 Å². The third-order valence-electron chi connectivity index (χ3n) is 1.19. The molecule has 0 bridgehead atoms. The summed E-state index contributed by atoms with van der Waals surface area (Å²) in [5.74, 6) is -2.61. The number of aromatic nitrogens is 1.